The molecule has 178 valence electrons. The molecular formula is C25H33N3O3S2. The van der Waals surface area contributed by atoms with Gasteiger partial charge >= 0.3 is 0 Å². The fraction of sp³-hybridized carbons (Fsp3) is 0.480. The third kappa shape index (κ3) is 5.80. The van der Waals surface area contributed by atoms with Gasteiger partial charge in [-0.15, -0.1) is 0 Å². The van der Waals surface area contributed by atoms with Gasteiger partial charge < -0.3 is 5.32 Å². The molecule has 0 atom stereocenters. The Morgan fingerprint density at radius 2 is 1.67 bits per heavy atom. The van der Waals surface area contributed by atoms with Crippen molar-refractivity contribution < 1.29 is 13.2 Å². The van der Waals surface area contributed by atoms with Gasteiger partial charge in [0.2, 0.25) is 10.0 Å². The van der Waals surface area contributed by atoms with Gasteiger partial charge in [-0.05, 0) is 61.6 Å². The zero-order valence-corrected chi connectivity index (χ0v) is 21.1. The normalized spacial score (nSPS) is 18.2. The molecule has 8 heteroatoms. The second kappa shape index (κ2) is 10.6. The Morgan fingerprint density at radius 1 is 0.939 bits per heavy atom. The van der Waals surface area contributed by atoms with E-state index in [0.29, 0.717) is 24.2 Å². The van der Waals surface area contributed by atoms with Gasteiger partial charge in [0, 0.05) is 55.5 Å². The number of sulfonamides is 1. The molecule has 0 unspecified atom stereocenters. The van der Waals surface area contributed by atoms with E-state index in [1.165, 1.54) is 23.1 Å². The Hall–Kier alpha value is -1.87. The van der Waals surface area contributed by atoms with Crippen LogP contribution in [0, 0.1) is 13.8 Å². The van der Waals surface area contributed by atoms with Crippen LogP contribution in [0.25, 0.3) is 0 Å². The number of amides is 1. The lowest BCUT2D eigenvalue weighted by Crippen LogP contribution is -2.36. The zero-order chi connectivity index (χ0) is 23.4. The number of thioether (sulfide) groups is 1. The van der Waals surface area contributed by atoms with Crippen molar-refractivity contribution in [2.75, 3.05) is 43.0 Å². The first-order valence-electron chi connectivity index (χ1n) is 11.7. The van der Waals surface area contributed by atoms with Crippen molar-refractivity contribution in [3.8, 4) is 0 Å². The van der Waals surface area contributed by atoms with E-state index in [4.69, 9.17) is 0 Å². The molecule has 0 saturated carbocycles. The molecule has 6 nitrogen and oxygen atoms in total. The molecule has 0 radical (unpaired) electrons. The summed E-state index contributed by atoms with van der Waals surface area (Å²) in [5.41, 5.74) is 4.00. The van der Waals surface area contributed by atoms with Crippen molar-refractivity contribution in [3.63, 3.8) is 0 Å². The maximum Gasteiger partial charge on any atom is 0.255 e. The number of piperidine rings is 1. The van der Waals surface area contributed by atoms with Crippen LogP contribution in [0.3, 0.4) is 0 Å². The fourth-order valence-electron chi connectivity index (χ4n) is 4.44. The molecular weight excluding hydrogens is 454 g/mol. The van der Waals surface area contributed by atoms with E-state index in [2.05, 4.69) is 22.3 Å². The van der Waals surface area contributed by atoms with Gasteiger partial charge in [-0.2, -0.15) is 16.1 Å². The van der Waals surface area contributed by atoms with Crippen LogP contribution in [-0.4, -0.2) is 61.2 Å². The number of carbonyl (C=O) groups excluding carboxylic acids is 1. The second-order valence-corrected chi connectivity index (χ2v) is 12.1. The van der Waals surface area contributed by atoms with Crippen molar-refractivity contribution >= 4 is 33.4 Å². The largest absolute Gasteiger partial charge is 0.322 e. The molecule has 2 aromatic carbocycles. The molecule has 33 heavy (non-hydrogen) atoms. The van der Waals surface area contributed by atoms with Crippen LogP contribution in [0.5, 0.6) is 0 Å². The minimum absolute atomic E-state index is 0.226. The van der Waals surface area contributed by atoms with Crippen molar-refractivity contribution in [3.05, 3.63) is 58.7 Å². The van der Waals surface area contributed by atoms with E-state index in [-0.39, 0.29) is 10.8 Å². The summed E-state index contributed by atoms with van der Waals surface area (Å²) in [5, 5.41) is 2.97. The molecule has 0 spiro atoms. The number of aryl methyl sites for hydroxylation is 2. The molecule has 2 heterocycles. The minimum atomic E-state index is -3.60. The number of hydrogen-bond donors (Lipinski definition) is 1. The highest BCUT2D eigenvalue weighted by Gasteiger charge is 2.28. The summed E-state index contributed by atoms with van der Waals surface area (Å²) in [5.74, 6) is 2.06. The van der Waals surface area contributed by atoms with Crippen molar-refractivity contribution in [1.29, 1.82) is 0 Å². The molecule has 2 aliphatic heterocycles. The number of anilines is 1. The first kappa shape index (κ1) is 24.3. The van der Waals surface area contributed by atoms with Crippen LogP contribution >= 0.6 is 11.8 Å². The number of carbonyl (C=O) groups is 1. The summed E-state index contributed by atoms with van der Waals surface area (Å²) in [7, 11) is -3.60. The summed E-state index contributed by atoms with van der Waals surface area (Å²) in [6, 6.07) is 11.1. The molecule has 2 aliphatic rings. The summed E-state index contributed by atoms with van der Waals surface area (Å²) >= 11 is 2.00. The van der Waals surface area contributed by atoms with Crippen molar-refractivity contribution in [2.45, 2.75) is 44.6 Å². The van der Waals surface area contributed by atoms with Crippen LogP contribution in [0.15, 0.2) is 41.3 Å². The minimum Gasteiger partial charge on any atom is -0.322 e. The zero-order valence-electron chi connectivity index (χ0n) is 19.5. The molecule has 4 rings (SSSR count). The number of benzene rings is 2. The van der Waals surface area contributed by atoms with E-state index < -0.39 is 10.0 Å². The molecule has 0 aliphatic carbocycles. The quantitative estimate of drug-likeness (QED) is 0.659. The highest BCUT2D eigenvalue weighted by Crippen LogP contribution is 2.25. The molecule has 0 bridgehead atoms. The number of hydrogen-bond acceptors (Lipinski definition) is 5. The highest BCUT2D eigenvalue weighted by atomic mass is 32.2. The van der Waals surface area contributed by atoms with Gasteiger partial charge in [0.25, 0.3) is 5.91 Å². The number of rotatable bonds is 6. The molecule has 2 aromatic rings. The highest BCUT2D eigenvalue weighted by molar-refractivity contribution is 7.99. The fourth-order valence-corrected chi connectivity index (χ4v) is 7.19. The monoisotopic (exact) mass is 487 g/mol. The van der Waals surface area contributed by atoms with Gasteiger partial charge in [-0.25, -0.2) is 8.42 Å². The standard InChI is InChI=1S/C25H33N3O3S2/c1-19-6-8-22(17-24(19)33(30,31)28-10-4-3-5-11-28)25(29)26-23-9-7-21(16-20(23)2)18-27-12-14-32-15-13-27/h6-9,16-17H,3-5,10-15,18H2,1-2H3,(H,26,29). The van der Waals surface area contributed by atoms with E-state index in [1.807, 2.05) is 24.8 Å². The van der Waals surface area contributed by atoms with E-state index in [1.54, 1.807) is 23.4 Å². The van der Waals surface area contributed by atoms with Crippen LogP contribution in [-0.2, 0) is 16.6 Å². The Kier molecular flexibility index (Phi) is 7.79. The molecule has 0 aromatic heterocycles. The average molecular weight is 488 g/mol. The molecule has 2 fully saturated rings. The number of nitrogens with zero attached hydrogens (tertiary/aromatic N) is 2. The van der Waals surface area contributed by atoms with Crippen LogP contribution in [0.1, 0.15) is 46.3 Å². The van der Waals surface area contributed by atoms with Gasteiger partial charge in [0.1, 0.15) is 0 Å². The van der Waals surface area contributed by atoms with Crippen LogP contribution < -0.4 is 5.32 Å². The van der Waals surface area contributed by atoms with Crippen LogP contribution in [0.2, 0.25) is 0 Å². The Morgan fingerprint density at radius 3 is 2.36 bits per heavy atom. The topological polar surface area (TPSA) is 69.7 Å². The summed E-state index contributed by atoms with van der Waals surface area (Å²) < 4.78 is 27.9. The summed E-state index contributed by atoms with van der Waals surface area (Å²) in [6.45, 7) is 8.00. The molecule has 2 saturated heterocycles. The molecule has 1 N–H and O–H groups in total. The summed E-state index contributed by atoms with van der Waals surface area (Å²) in [4.78, 5) is 15.7. The molecule has 1 amide bonds. The lowest BCUT2D eigenvalue weighted by Gasteiger charge is -2.26. The SMILES string of the molecule is Cc1cc(CN2CCSCC2)ccc1NC(=O)c1ccc(C)c(S(=O)(=O)N2CCCCC2)c1. The lowest BCUT2D eigenvalue weighted by atomic mass is 10.1. The second-order valence-electron chi connectivity index (χ2n) is 8.94. The number of nitrogens with one attached hydrogen (secondary N) is 1. The average Bonchev–Trinajstić information content (AvgIpc) is 2.82. The third-order valence-electron chi connectivity index (χ3n) is 6.43. The lowest BCUT2D eigenvalue weighted by molar-refractivity contribution is 0.102. The first-order valence-corrected chi connectivity index (χ1v) is 14.3. The van der Waals surface area contributed by atoms with Crippen LogP contribution in [0.4, 0.5) is 5.69 Å². The Bertz CT molecular complexity index is 1110. The van der Waals surface area contributed by atoms with E-state index in [0.717, 1.165) is 50.1 Å². The van der Waals surface area contributed by atoms with Crippen molar-refractivity contribution in [2.24, 2.45) is 0 Å². The Labute approximate surface area is 201 Å². The third-order valence-corrected chi connectivity index (χ3v) is 9.42. The predicted octanol–water partition coefficient (Wildman–Crippen LogP) is 4.28. The maximum atomic E-state index is 13.2. The van der Waals surface area contributed by atoms with Gasteiger partial charge in [-0.3, -0.25) is 9.69 Å². The maximum absolute atomic E-state index is 13.2. The van der Waals surface area contributed by atoms with Gasteiger partial charge in [0.15, 0.2) is 0 Å². The van der Waals surface area contributed by atoms with Crippen molar-refractivity contribution in [1.82, 2.24) is 9.21 Å². The van der Waals surface area contributed by atoms with E-state index in [9.17, 15) is 13.2 Å². The Balaban J connectivity index is 1.49. The van der Waals surface area contributed by atoms with Gasteiger partial charge in [-0.1, -0.05) is 24.6 Å². The predicted molar refractivity (Wildman–Crippen MR) is 136 cm³/mol. The summed E-state index contributed by atoms with van der Waals surface area (Å²) in [6.07, 6.45) is 2.82. The van der Waals surface area contributed by atoms with Gasteiger partial charge in [0.05, 0.1) is 4.90 Å². The first-order chi connectivity index (χ1) is 15.8. The van der Waals surface area contributed by atoms with E-state index >= 15 is 0 Å². The smallest absolute Gasteiger partial charge is 0.255 e.